The second-order valence-corrected chi connectivity index (χ2v) is 9.51. The maximum atomic E-state index is 13.8. The van der Waals surface area contributed by atoms with Crippen LogP contribution in [0.1, 0.15) is 57.1 Å². The van der Waals surface area contributed by atoms with E-state index in [2.05, 4.69) is 35.4 Å². The monoisotopic (exact) mass is 451 g/mol. The van der Waals surface area contributed by atoms with Crippen LogP contribution in [0.25, 0.3) is 0 Å². The van der Waals surface area contributed by atoms with Crippen molar-refractivity contribution in [3.05, 3.63) is 47.7 Å². The van der Waals surface area contributed by atoms with Gasteiger partial charge in [-0.25, -0.2) is 4.98 Å². The minimum Gasteiger partial charge on any atom is -0.378 e. The van der Waals surface area contributed by atoms with E-state index in [-0.39, 0.29) is 24.2 Å². The number of aromatic nitrogens is 1. The van der Waals surface area contributed by atoms with E-state index < -0.39 is 6.10 Å². The van der Waals surface area contributed by atoms with Crippen molar-refractivity contribution >= 4 is 23.1 Å². The van der Waals surface area contributed by atoms with Crippen molar-refractivity contribution in [3.63, 3.8) is 0 Å². The van der Waals surface area contributed by atoms with Crippen molar-refractivity contribution in [2.24, 2.45) is 0 Å². The van der Waals surface area contributed by atoms with Gasteiger partial charge in [-0.1, -0.05) is 12.1 Å². The molecule has 0 bridgehead atoms. The number of pyridine rings is 1. The van der Waals surface area contributed by atoms with E-state index in [0.29, 0.717) is 25.5 Å². The van der Waals surface area contributed by atoms with Crippen molar-refractivity contribution in [2.75, 3.05) is 23.4 Å². The highest BCUT2D eigenvalue weighted by molar-refractivity contribution is 6.01. The van der Waals surface area contributed by atoms with Gasteiger partial charge in [0.05, 0.1) is 42.8 Å². The zero-order valence-corrected chi connectivity index (χ0v) is 19.6. The predicted molar refractivity (Wildman–Crippen MR) is 127 cm³/mol. The summed E-state index contributed by atoms with van der Waals surface area (Å²) in [4.78, 5) is 20.2. The fourth-order valence-corrected chi connectivity index (χ4v) is 5.12. The van der Waals surface area contributed by atoms with Gasteiger partial charge in [0.15, 0.2) is 0 Å². The fraction of sp³-hybridized carbons (Fsp3) is 0.538. The number of nitrogens with zero attached hydrogens (tertiary/aromatic N) is 2. The van der Waals surface area contributed by atoms with Crippen LogP contribution in [0, 0.1) is 0 Å². The lowest BCUT2D eigenvalue weighted by molar-refractivity contribution is -0.143. The summed E-state index contributed by atoms with van der Waals surface area (Å²) in [6, 6.07) is 10.3. The van der Waals surface area contributed by atoms with E-state index in [9.17, 15) is 4.79 Å². The molecule has 0 spiro atoms. The van der Waals surface area contributed by atoms with Gasteiger partial charge < -0.3 is 24.4 Å². The van der Waals surface area contributed by atoms with Gasteiger partial charge in [0.2, 0.25) is 0 Å². The molecule has 7 nitrogen and oxygen atoms in total. The molecule has 0 radical (unpaired) electrons. The van der Waals surface area contributed by atoms with Crippen molar-refractivity contribution in [1.82, 2.24) is 4.98 Å². The molecule has 4 heterocycles. The van der Waals surface area contributed by atoms with E-state index in [0.717, 1.165) is 42.2 Å². The van der Waals surface area contributed by atoms with Gasteiger partial charge >= 0.3 is 0 Å². The molecule has 3 aliphatic heterocycles. The highest BCUT2D eigenvalue weighted by Crippen LogP contribution is 2.40. The maximum Gasteiger partial charge on any atom is 0.256 e. The third-order valence-electron chi connectivity index (χ3n) is 6.83. The molecule has 7 heteroatoms. The van der Waals surface area contributed by atoms with Crippen LogP contribution in [0.4, 0.5) is 17.2 Å². The lowest BCUT2D eigenvalue weighted by atomic mass is 9.92. The number of benzene rings is 1. The Labute approximate surface area is 195 Å². The lowest BCUT2D eigenvalue weighted by Crippen LogP contribution is -2.44. The lowest BCUT2D eigenvalue weighted by Gasteiger charge is -2.33. The number of hydrogen-bond acceptors (Lipinski definition) is 6. The second-order valence-electron chi connectivity index (χ2n) is 9.51. The third-order valence-corrected chi connectivity index (χ3v) is 6.83. The molecule has 5 rings (SSSR count). The molecule has 2 saturated heterocycles. The molecule has 2 unspecified atom stereocenters. The number of rotatable bonds is 4. The van der Waals surface area contributed by atoms with Crippen LogP contribution in [-0.4, -0.2) is 48.5 Å². The van der Waals surface area contributed by atoms with E-state index >= 15 is 0 Å². The van der Waals surface area contributed by atoms with Crippen molar-refractivity contribution in [1.29, 1.82) is 0 Å². The summed E-state index contributed by atoms with van der Waals surface area (Å²) in [7, 11) is 0. The van der Waals surface area contributed by atoms with Crippen LogP contribution in [0.3, 0.4) is 0 Å². The van der Waals surface area contributed by atoms with Gasteiger partial charge in [-0.2, -0.15) is 0 Å². The highest BCUT2D eigenvalue weighted by atomic mass is 16.5. The Kier molecular flexibility index (Phi) is 6.36. The number of nitrogens with one attached hydrogen (secondary N) is 1. The standard InChI is InChI=1S/C26H33N3O4/c1-16(2)33-20-7-9-24(32-15-20)26(30)29-14-19-5-4-11-27-25(19)28-22-8-6-18(13-23(22)29)21-10-12-31-17(21)3/h4-6,8,11,13,16-17,20-21,24H,7,9-10,12,14-15H2,1-3H3,(H,27,28)/t17?,20-,21?,24+/m0/s1. The third kappa shape index (κ3) is 4.63. The fourth-order valence-electron chi connectivity index (χ4n) is 5.12. The molecule has 1 N–H and O–H groups in total. The number of ether oxygens (including phenoxy) is 3. The van der Waals surface area contributed by atoms with Crippen LogP contribution < -0.4 is 10.2 Å². The summed E-state index contributed by atoms with van der Waals surface area (Å²) < 4.78 is 17.7. The summed E-state index contributed by atoms with van der Waals surface area (Å²) in [5.41, 5.74) is 3.94. The molecule has 3 aliphatic rings. The van der Waals surface area contributed by atoms with Crippen molar-refractivity contribution in [3.8, 4) is 0 Å². The minimum absolute atomic E-state index is 0.00868. The van der Waals surface area contributed by atoms with E-state index in [1.165, 1.54) is 5.56 Å². The molecule has 2 fully saturated rings. The molecule has 1 amide bonds. The first-order chi connectivity index (χ1) is 16.0. The van der Waals surface area contributed by atoms with Gasteiger partial charge in [-0.3, -0.25) is 4.79 Å². The largest absolute Gasteiger partial charge is 0.378 e. The smallest absolute Gasteiger partial charge is 0.256 e. The number of anilines is 3. The van der Waals surface area contributed by atoms with Gasteiger partial charge in [0.25, 0.3) is 5.91 Å². The number of amides is 1. The molecule has 0 saturated carbocycles. The molecule has 176 valence electrons. The van der Waals surface area contributed by atoms with Crippen molar-refractivity contribution < 1.29 is 19.0 Å². The Bertz CT molecular complexity index is 1000. The Balaban J connectivity index is 1.45. The molecule has 1 aromatic heterocycles. The average molecular weight is 452 g/mol. The van der Waals surface area contributed by atoms with Gasteiger partial charge in [0.1, 0.15) is 11.9 Å². The number of carbonyl (C=O) groups excluding carboxylic acids is 1. The Morgan fingerprint density at radius 3 is 2.82 bits per heavy atom. The summed E-state index contributed by atoms with van der Waals surface area (Å²) >= 11 is 0. The molecule has 2 aromatic rings. The van der Waals surface area contributed by atoms with E-state index in [1.807, 2.05) is 30.9 Å². The first-order valence-corrected chi connectivity index (χ1v) is 12.0. The van der Waals surface area contributed by atoms with Gasteiger partial charge in [-0.15, -0.1) is 0 Å². The molecular formula is C26H33N3O4. The highest BCUT2D eigenvalue weighted by Gasteiger charge is 2.35. The van der Waals surface area contributed by atoms with Gasteiger partial charge in [-0.05, 0) is 63.8 Å². The molecule has 0 aliphatic carbocycles. The molecular weight excluding hydrogens is 418 g/mol. The van der Waals surface area contributed by atoms with Crippen LogP contribution in [0.5, 0.6) is 0 Å². The number of fused-ring (bicyclic) bond motifs is 2. The summed E-state index contributed by atoms with van der Waals surface area (Å²) in [5, 5.41) is 3.45. The van der Waals surface area contributed by atoms with Crippen LogP contribution >= 0.6 is 0 Å². The van der Waals surface area contributed by atoms with E-state index in [1.54, 1.807) is 6.20 Å². The van der Waals surface area contributed by atoms with E-state index in [4.69, 9.17) is 14.2 Å². The van der Waals surface area contributed by atoms with Crippen LogP contribution in [0.15, 0.2) is 36.5 Å². The Hall–Kier alpha value is -2.48. The average Bonchev–Trinajstić information content (AvgIpc) is 3.16. The summed E-state index contributed by atoms with van der Waals surface area (Å²) in [6.07, 6.45) is 4.14. The van der Waals surface area contributed by atoms with Crippen molar-refractivity contribution in [2.45, 2.75) is 76.9 Å². The molecule has 1 aromatic carbocycles. The maximum absolute atomic E-state index is 13.8. The second kappa shape index (κ2) is 9.41. The van der Waals surface area contributed by atoms with Gasteiger partial charge in [0, 0.05) is 24.3 Å². The molecule has 33 heavy (non-hydrogen) atoms. The predicted octanol–water partition coefficient (Wildman–Crippen LogP) is 4.54. The SMILES string of the molecule is CC(C)O[C@H]1CC[C@H](C(=O)N2Cc3cccnc3Nc3ccc(C4CCOC4C)cc32)OC1. The number of carbonyl (C=O) groups is 1. The van der Waals surface area contributed by atoms with Crippen LogP contribution in [0.2, 0.25) is 0 Å². The number of hydrogen-bond donors (Lipinski definition) is 1. The zero-order valence-electron chi connectivity index (χ0n) is 19.6. The van der Waals surface area contributed by atoms with Crippen LogP contribution in [-0.2, 0) is 25.5 Å². The summed E-state index contributed by atoms with van der Waals surface area (Å²) in [6.45, 7) is 7.84. The zero-order chi connectivity index (χ0) is 22.9. The quantitative estimate of drug-likeness (QED) is 0.736. The minimum atomic E-state index is -0.472. The summed E-state index contributed by atoms with van der Waals surface area (Å²) in [5.74, 6) is 1.11. The Morgan fingerprint density at radius 2 is 2.09 bits per heavy atom. The normalized spacial score (nSPS) is 27.0. The first kappa shape index (κ1) is 22.3. The molecule has 4 atom stereocenters. The topological polar surface area (TPSA) is 72.9 Å². The first-order valence-electron chi connectivity index (χ1n) is 12.0. The Morgan fingerprint density at radius 1 is 1.21 bits per heavy atom.